The van der Waals surface area contributed by atoms with Crippen molar-refractivity contribution in [1.29, 1.82) is 0 Å². The van der Waals surface area contributed by atoms with Crippen molar-refractivity contribution in [2.75, 3.05) is 12.4 Å². The maximum Gasteiger partial charge on any atom is 0.162 e. The van der Waals surface area contributed by atoms with Crippen molar-refractivity contribution in [3.05, 3.63) is 55.0 Å². The molecule has 0 amide bonds. The average Bonchev–Trinajstić information content (AvgIpc) is 2.56. The van der Waals surface area contributed by atoms with Gasteiger partial charge in [0.25, 0.3) is 0 Å². The summed E-state index contributed by atoms with van der Waals surface area (Å²) >= 11 is 1.48. The van der Waals surface area contributed by atoms with Crippen molar-refractivity contribution in [2.24, 2.45) is 0 Å². The molecule has 0 fully saturated rings. The van der Waals surface area contributed by atoms with Crippen LogP contribution in [0.2, 0.25) is 0 Å². The monoisotopic (exact) mass is 295 g/mol. The molecule has 0 spiro atoms. The Morgan fingerprint density at radius 2 is 1.86 bits per heavy atom. The Morgan fingerprint density at radius 1 is 1.00 bits per heavy atom. The number of anilines is 1. The SMILES string of the molecule is CNc1cc(Sc2ccncn2)nc(-c2ccccc2)n1. The predicted octanol–water partition coefficient (Wildman–Crippen LogP) is 3.13. The molecule has 0 aliphatic rings. The van der Waals surface area contributed by atoms with Crippen LogP contribution in [-0.2, 0) is 0 Å². The second-order valence-electron chi connectivity index (χ2n) is 4.18. The molecule has 0 unspecified atom stereocenters. The zero-order valence-corrected chi connectivity index (χ0v) is 12.2. The molecule has 3 rings (SSSR count). The fourth-order valence-corrected chi connectivity index (χ4v) is 2.51. The molecule has 1 aromatic carbocycles. The third-order valence-corrected chi connectivity index (χ3v) is 3.62. The number of hydrogen-bond acceptors (Lipinski definition) is 6. The van der Waals surface area contributed by atoms with E-state index in [-0.39, 0.29) is 0 Å². The van der Waals surface area contributed by atoms with Gasteiger partial charge in [-0.15, -0.1) is 0 Å². The highest BCUT2D eigenvalue weighted by Gasteiger charge is 2.08. The van der Waals surface area contributed by atoms with Crippen LogP contribution in [0.4, 0.5) is 5.82 Å². The van der Waals surface area contributed by atoms with Crippen LogP contribution in [0.15, 0.2) is 65.0 Å². The second-order valence-corrected chi connectivity index (χ2v) is 5.22. The predicted molar refractivity (Wildman–Crippen MR) is 83.2 cm³/mol. The highest BCUT2D eigenvalue weighted by Crippen LogP contribution is 2.27. The lowest BCUT2D eigenvalue weighted by Gasteiger charge is -2.07. The van der Waals surface area contributed by atoms with E-state index < -0.39 is 0 Å². The van der Waals surface area contributed by atoms with Crippen molar-refractivity contribution >= 4 is 17.6 Å². The average molecular weight is 295 g/mol. The summed E-state index contributed by atoms with van der Waals surface area (Å²) < 4.78 is 0. The van der Waals surface area contributed by atoms with Gasteiger partial charge in [-0.3, -0.25) is 0 Å². The van der Waals surface area contributed by atoms with E-state index in [1.807, 2.05) is 49.5 Å². The lowest BCUT2D eigenvalue weighted by molar-refractivity contribution is 1.02. The number of nitrogens with zero attached hydrogens (tertiary/aromatic N) is 4. The topological polar surface area (TPSA) is 63.6 Å². The number of aromatic nitrogens is 4. The fraction of sp³-hybridized carbons (Fsp3) is 0.0667. The smallest absolute Gasteiger partial charge is 0.162 e. The summed E-state index contributed by atoms with van der Waals surface area (Å²) in [4.78, 5) is 17.2. The van der Waals surface area contributed by atoms with Gasteiger partial charge < -0.3 is 5.32 Å². The molecule has 0 aliphatic heterocycles. The molecule has 0 saturated heterocycles. The van der Waals surface area contributed by atoms with Crippen molar-refractivity contribution in [3.63, 3.8) is 0 Å². The van der Waals surface area contributed by atoms with Gasteiger partial charge in [-0.25, -0.2) is 19.9 Å². The van der Waals surface area contributed by atoms with Gasteiger partial charge in [0.2, 0.25) is 0 Å². The van der Waals surface area contributed by atoms with Crippen LogP contribution in [0.25, 0.3) is 11.4 Å². The standard InChI is InChI=1S/C15H13N5S/c1-16-12-9-14(21-13-7-8-17-10-18-13)20-15(19-12)11-5-3-2-4-6-11/h2-10H,1H3,(H,16,19,20). The molecule has 104 valence electrons. The van der Waals surface area contributed by atoms with Crippen LogP contribution < -0.4 is 5.32 Å². The van der Waals surface area contributed by atoms with Crippen LogP contribution in [0, 0.1) is 0 Å². The minimum atomic E-state index is 0.694. The highest BCUT2D eigenvalue weighted by atomic mass is 32.2. The molecule has 2 heterocycles. The third kappa shape index (κ3) is 3.35. The Balaban J connectivity index is 1.98. The van der Waals surface area contributed by atoms with Gasteiger partial charge in [0, 0.05) is 24.9 Å². The van der Waals surface area contributed by atoms with E-state index in [1.54, 1.807) is 6.20 Å². The Kier molecular flexibility index (Phi) is 4.07. The molecule has 0 bridgehead atoms. The molecule has 1 N–H and O–H groups in total. The summed E-state index contributed by atoms with van der Waals surface area (Å²) in [6.07, 6.45) is 3.24. The minimum absolute atomic E-state index is 0.694. The Bertz CT molecular complexity index is 719. The molecule has 0 saturated carbocycles. The van der Waals surface area contributed by atoms with Gasteiger partial charge in [-0.2, -0.15) is 0 Å². The maximum absolute atomic E-state index is 4.60. The molecule has 0 radical (unpaired) electrons. The van der Waals surface area contributed by atoms with Gasteiger partial charge in [0.05, 0.1) is 0 Å². The van der Waals surface area contributed by atoms with E-state index in [1.165, 1.54) is 18.1 Å². The highest BCUT2D eigenvalue weighted by molar-refractivity contribution is 7.99. The number of rotatable bonds is 4. The summed E-state index contributed by atoms with van der Waals surface area (Å²) in [6, 6.07) is 13.7. The summed E-state index contributed by atoms with van der Waals surface area (Å²) in [5, 5.41) is 4.76. The summed E-state index contributed by atoms with van der Waals surface area (Å²) in [5.41, 5.74) is 0.985. The van der Waals surface area contributed by atoms with E-state index in [0.29, 0.717) is 5.82 Å². The maximum atomic E-state index is 4.60. The van der Waals surface area contributed by atoms with Crippen molar-refractivity contribution in [3.8, 4) is 11.4 Å². The Morgan fingerprint density at radius 3 is 2.57 bits per heavy atom. The van der Waals surface area contributed by atoms with Gasteiger partial charge in [0.15, 0.2) is 5.82 Å². The number of hydrogen-bond donors (Lipinski definition) is 1. The quantitative estimate of drug-likeness (QED) is 0.746. The third-order valence-electron chi connectivity index (χ3n) is 2.75. The van der Waals surface area contributed by atoms with Crippen molar-refractivity contribution in [1.82, 2.24) is 19.9 Å². The summed E-state index contributed by atoms with van der Waals surface area (Å²) in [7, 11) is 1.84. The van der Waals surface area contributed by atoms with E-state index in [0.717, 1.165) is 21.4 Å². The minimum Gasteiger partial charge on any atom is -0.373 e. The molecule has 0 atom stereocenters. The molecule has 21 heavy (non-hydrogen) atoms. The Hall–Kier alpha value is -2.47. The molecular weight excluding hydrogens is 282 g/mol. The normalized spacial score (nSPS) is 10.3. The summed E-state index contributed by atoms with van der Waals surface area (Å²) in [6.45, 7) is 0. The first-order chi connectivity index (χ1) is 10.3. The first-order valence-corrected chi connectivity index (χ1v) is 7.23. The zero-order chi connectivity index (χ0) is 14.5. The van der Waals surface area contributed by atoms with E-state index >= 15 is 0 Å². The van der Waals surface area contributed by atoms with E-state index in [4.69, 9.17) is 0 Å². The lowest BCUT2D eigenvalue weighted by Crippen LogP contribution is -1.98. The molecule has 6 heteroatoms. The first kappa shape index (κ1) is 13.5. The van der Waals surface area contributed by atoms with Gasteiger partial charge in [-0.1, -0.05) is 30.3 Å². The second kappa shape index (κ2) is 6.32. The summed E-state index contributed by atoms with van der Waals surface area (Å²) in [5.74, 6) is 1.47. The van der Waals surface area contributed by atoms with Gasteiger partial charge in [-0.05, 0) is 17.8 Å². The van der Waals surface area contributed by atoms with E-state index in [9.17, 15) is 0 Å². The zero-order valence-electron chi connectivity index (χ0n) is 11.4. The van der Waals surface area contributed by atoms with Gasteiger partial charge >= 0.3 is 0 Å². The lowest BCUT2D eigenvalue weighted by atomic mass is 10.2. The van der Waals surface area contributed by atoms with Crippen LogP contribution in [0.1, 0.15) is 0 Å². The molecular formula is C15H13N5S. The fourth-order valence-electron chi connectivity index (χ4n) is 1.77. The van der Waals surface area contributed by atoms with Gasteiger partial charge in [0.1, 0.15) is 22.2 Å². The number of nitrogens with one attached hydrogen (secondary N) is 1. The van der Waals surface area contributed by atoms with Crippen LogP contribution in [0.5, 0.6) is 0 Å². The van der Waals surface area contributed by atoms with Crippen LogP contribution >= 0.6 is 11.8 Å². The Labute approximate surface area is 126 Å². The van der Waals surface area contributed by atoms with Crippen molar-refractivity contribution < 1.29 is 0 Å². The number of benzene rings is 1. The molecule has 5 nitrogen and oxygen atoms in total. The molecule has 0 aliphatic carbocycles. The largest absolute Gasteiger partial charge is 0.373 e. The van der Waals surface area contributed by atoms with Crippen LogP contribution in [-0.4, -0.2) is 27.0 Å². The first-order valence-electron chi connectivity index (χ1n) is 6.41. The van der Waals surface area contributed by atoms with Crippen LogP contribution in [0.3, 0.4) is 0 Å². The molecule has 3 aromatic rings. The van der Waals surface area contributed by atoms with Crippen molar-refractivity contribution in [2.45, 2.75) is 10.1 Å². The molecule has 2 aromatic heterocycles. The van der Waals surface area contributed by atoms with E-state index in [2.05, 4.69) is 25.3 Å².